The number of imidazole rings is 1. The van der Waals surface area contributed by atoms with Crippen LogP contribution in [0, 0.1) is 0 Å². The maximum atomic E-state index is 5.82. The summed E-state index contributed by atoms with van der Waals surface area (Å²) in [7, 11) is 0. The highest BCUT2D eigenvalue weighted by molar-refractivity contribution is 5.76. The normalized spacial score (nSPS) is 24.6. The molecule has 0 spiro atoms. The molecule has 2 aromatic rings. The van der Waals surface area contributed by atoms with Gasteiger partial charge in [-0.3, -0.25) is 0 Å². The van der Waals surface area contributed by atoms with Crippen LogP contribution in [0.1, 0.15) is 38.1 Å². The molecule has 3 rings (SSSR count). The number of aromatic nitrogens is 2. The molecule has 90 valence electrons. The Balaban J connectivity index is 2.07. The van der Waals surface area contributed by atoms with Crippen LogP contribution in [0.15, 0.2) is 18.2 Å². The van der Waals surface area contributed by atoms with Crippen molar-refractivity contribution in [1.29, 1.82) is 0 Å². The number of H-pyrrole nitrogens is 1. The Morgan fingerprint density at radius 3 is 3.06 bits per heavy atom. The average molecular weight is 230 g/mol. The molecule has 0 aliphatic carbocycles. The molecule has 0 amide bonds. The maximum absolute atomic E-state index is 5.82. The van der Waals surface area contributed by atoms with Gasteiger partial charge in [-0.25, -0.2) is 4.98 Å². The van der Waals surface area contributed by atoms with Crippen LogP contribution in [0.5, 0.6) is 0 Å². The molecule has 1 unspecified atom stereocenters. The predicted octanol–water partition coefficient (Wildman–Crippen LogP) is 3.15. The summed E-state index contributed by atoms with van der Waals surface area (Å²) >= 11 is 0. The van der Waals surface area contributed by atoms with Gasteiger partial charge in [0.15, 0.2) is 0 Å². The minimum Gasteiger partial charge on any atom is -0.367 e. The summed E-state index contributed by atoms with van der Waals surface area (Å²) in [5, 5.41) is 0. The highest BCUT2D eigenvalue weighted by atomic mass is 16.5. The van der Waals surface area contributed by atoms with E-state index in [9.17, 15) is 0 Å². The number of aromatic amines is 1. The summed E-state index contributed by atoms with van der Waals surface area (Å²) in [5.41, 5.74) is 3.28. The topological polar surface area (TPSA) is 37.9 Å². The van der Waals surface area contributed by atoms with Gasteiger partial charge in [0, 0.05) is 6.61 Å². The van der Waals surface area contributed by atoms with E-state index in [1.165, 1.54) is 5.56 Å². The molecule has 3 nitrogen and oxygen atoms in total. The zero-order chi connectivity index (χ0) is 11.9. The van der Waals surface area contributed by atoms with Gasteiger partial charge in [-0.15, -0.1) is 0 Å². The van der Waals surface area contributed by atoms with E-state index in [-0.39, 0.29) is 5.60 Å². The molecular weight excluding hydrogens is 212 g/mol. The smallest absolute Gasteiger partial charge is 0.139 e. The fraction of sp³-hybridized carbons (Fsp3) is 0.500. The Bertz CT molecular complexity index is 538. The zero-order valence-corrected chi connectivity index (χ0v) is 10.4. The highest BCUT2D eigenvalue weighted by Crippen LogP contribution is 2.34. The minimum atomic E-state index is -0.217. The standard InChI is InChI=1S/C14H18N2O/c1-3-10-5-6-11-12(9-10)16-13(15-11)14(2)7-4-8-17-14/h5-6,9H,3-4,7-8H2,1-2H3,(H,15,16). The summed E-state index contributed by atoms with van der Waals surface area (Å²) < 4.78 is 5.82. The predicted molar refractivity (Wildman–Crippen MR) is 68.0 cm³/mol. The van der Waals surface area contributed by atoms with E-state index in [2.05, 4.69) is 42.0 Å². The van der Waals surface area contributed by atoms with E-state index in [4.69, 9.17) is 4.74 Å². The molecule has 1 saturated heterocycles. The summed E-state index contributed by atoms with van der Waals surface area (Å²) in [6.07, 6.45) is 3.22. The second-order valence-electron chi connectivity index (χ2n) is 4.97. The molecule has 1 N–H and O–H groups in total. The second-order valence-corrected chi connectivity index (χ2v) is 4.97. The third-order valence-corrected chi connectivity index (χ3v) is 3.67. The van der Waals surface area contributed by atoms with Gasteiger partial charge in [-0.2, -0.15) is 0 Å². The van der Waals surface area contributed by atoms with Gasteiger partial charge >= 0.3 is 0 Å². The van der Waals surface area contributed by atoms with Crippen molar-refractivity contribution in [3.8, 4) is 0 Å². The van der Waals surface area contributed by atoms with Crippen molar-refractivity contribution in [2.24, 2.45) is 0 Å². The van der Waals surface area contributed by atoms with Crippen molar-refractivity contribution in [1.82, 2.24) is 9.97 Å². The first-order valence-electron chi connectivity index (χ1n) is 6.34. The van der Waals surface area contributed by atoms with Gasteiger partial charge < -0.3 is 9.72 Å². The van der Waals surface area contributed by atoms with Gasteiger partial charge in [0.1, 0.15) is 11.4 Å². The third-order valence-electron chi connectivity index (χ3n) is 3.67. The lowest BCUT2D eigenvalue weighted by molar-refractivity contribution is 0.0103. The van der Waals surface area contributed by atoms with E-state index < -0.39 is 0 Å². The van der Waals surface area contributed by atoms with Crippen LogP contribution in [0.2, 0.25) is 0 Å². The van der Waals surface area contributed by atoms with E-state index in [0.717, 1.165) is 42.7 Å². The van der Waals surface area contributed by atoms with Gasteiger partial charge in [0.05, 0.1) is 11.0 Å². The first-order valence-corrected chi connectivity index (χ1v) is 6.34. The number of nitrogens with zero attached hydrogens (tertiary/aromatic N) is 1. The van der Waals surface area contributed by atoms with E-state index in [1.807, 2.05) is 0 Å². The molecule has 0 radical (unpaired) electrons. The van der Waals surface area contributed by atoms with Crippen LogP contribution in [0.25, 0.3) is 11.0 Å². The van der Waals surface area contributed by atoms with Crippen LogP contribution in [0.4, 0.5) is 0 Å². The largest absolute Gasteiger partial charge is 0.367 e. The lowest BCUT2D eigenvalue weighted by Gasteiger charge is -2.19. The van der Waals surface area contributed by atoms with Crippen LogP contribution in [-0.4, -0.2) is 16.6 Å². The highest BCUT2D eigenvalue weighted by Gasteiger charge is 2.34. The molecule has 3 heteroatoms. The molecule has 1 atom stereocenters. The van der Waals surface area contributed by atoms with E-state index >= 15 is 0 Å². The lowest BCUT2D eigenvalue weighted by atomic mass is 10.0. The van der Waals surface area contributed by atoms with Gasteiger partial charge in [-0.05, 0) is 43.9 Å². The van der Waals surface area contributed by atoms with Crippen molar-refractivity contribution in [2.75, 3.05) is 6.61 Å². The fourth-order valence-corrected chi connectivity index (χ4v) is 2.49. The van der Waals surface area contributed by atoms with Crippen molar-refractivity contribution in [2.45, 2.75) is 38.7 Å². The van der Waals surface area contributed by atoms with Crippen molar-refractivity contribution in [3.63, 3.8) is 0 Å². The maximum Gasteiger partial charge on any atom is 0.139 e. The third kappa shape index (κ3) is 1.75. The first kappa shape index (κ1) is 10.8. The molecule has 2 heterocycles. The Morgan fingerprint density at radius 2 is 2.35 bits per heavy atom. The van der Waals surface area contributed by atoms with Crippen LogP contribution in [0.3, 0.4) is 0 Å². The molecule has 0 saturated carbocycles. The first-order chi connectivity index (χ1) is 8.21. The summed E-state index contributed by atoms with van der Waals surface area (Å²) in [6.45, 7) is 5.13. The second kappa shape index (κ2) is 3.84. The van der Waals surface area contributed by atoms with Crippen LogP contribution < -0.4 is 0 Å². The number of hydrogen-bond acceptors (Lipinski definition) is 2. The number of benzene rings is 1. The Labute approximate surface area is 101 Å². The number of ether oxygens (including phenoxy) is 1. The number of fused-ring (bicyclic) bond motifs is 1. The zero-order valence-electron chi connectivity index (χ0n) is 10.4. The average Bonchev–Trinajstić information content (AvgIpc) is 2.94. The molecule has 1 aliphatic heterocycles. The van der Waals surface area contributed by atoms with Crippen molar-refractivity contribution in [3.05, 3.63) is 29.6 Å². The number of nitrogens with one attached hydrogen (secondary N) is 1. The van der Waals surface area contributed by atoms with Gasteiger partial charge in [0.2, 0.25) is 0 Å². The number of aryl methyl sites for hydroxylation is 1. The van der Waals surface area contributed by atoms with Crippen LogP contribution >= 0.6 is 0 Å². The number of rotatable bonds is 2. The molecule has 17 heavy (non-hydrogen) atoms. The number of hydrogen-bond donors (Lipinski definition) is 1. The molecular formula is C14H18N2O. The van der Waals surface area contributed by atoms with E-state index in [1.54, 1.807) is 0 Å². The molecule has 1 aliphatic rings. The van der Waals surface area contributed by atoms with Crippen molar-refractivity contribution < 1.29 is 4.74 Å². The minimum absolute atomic E-state index is 0.217. The summed E-state index contributed by atoms with van der Waals surface area (Å²) in [5.74, 6) is 0.971. The van der Waals surface area contributed by atoms with Gasteiger partial charge in [-0.1, -0.05) is 13.0 Å². The summed E-state index contributed by atoms with van der Waals surface area (Å²) in [6, 6.07) is 6.42. The monoisotopic (exact) mass is 230 g/mol. The van der Waals surface area contributed by atoms with Gasteiger partial charge in [0.25, 0.3) is 0 Å². The molecule has 1 aromatic heterocycles. The van der Waals surface area contributed by atoms with Crippen LogP contribution in [-0.2, 0) is 16.8 Å². The Morgan fingerprint density at radius 1 is 1.47 bits per heavy atom. The lowest BCUT2D eigenvalue weighted by Crippen LogP contribution is -2.21. The Kier molecular flexibility index (Phi) is 2.44. The summed E-state index contributed by atoms with van der Waals surface area (Å²) in [4.78, 5) is 8.08. The Hall–Kier alpha value is -1.35. The quantitative estimate of drug-likeness (QED) is 0.860. The SMILES string of the molecule is CCc1ccc2nc(C3(C)CCCO3)[nH]c2c1. The molecule has 1 aromatic carbocycles. The molecule has 1 fully saturated rings. The fourth-order valence-electron chi connectivity index (χ4n) is 2.49. The van der Waals surface area contributed by atoms with Crippen molar-refractivity contribution >= 4 is 11.0 Å². The van der Waals surface area contributed by atoms with E-state index in [0.29, 0.717) is 0 Å². The molecule has 0 bridgehead atoms.